The van der Waals surface area contributed by atoms with Crippen LogP contribution in [0.25, 0.3) is 0 Å². The lowest BCUT2D eigenvalue weighted by atomic mass is 9.96. The third kappa shape index (κ3) is 4.57. The van der Waals surface area contributed by atoms with Gasteiger partial charge in [0.2, 0.25) is 0 Å². The van der Waals surface area contributed by atoms with Crippen LogP contribution in [0, 0.1) is 11.6 Å². The number of fused-ring (bicyclic) bond motifs is 2. The third-order valence-electron chi connectivity index (χ3n) is 5.63. The van der Waals surface area contributed by atoms with E-state index in [1.807, 2.05) is 0 Å². The van der Waals surface area contributed by atoms with E-state index in [0.717, 1.165) is 5.56 Å². The molecule has 5 atom stereocenters. The molecule has 2 heterocycles. The van der Waals surface area contributed by atoms with Crippen molar-refractivity contribution in [3.63, 3.8) is 0 Å². The van der Waals surface area contributed by atoms with Crippen LogP contribution < -0.4 is 14.8 Å². The van der Waals surface area contributed by atoms with Gasteiger partial charge in [0.05, 0.1) is 6.10 Å². The average Bonchev–Trinajstić information content (AvgIpc) is 2.73. The van der Waals surface area contributed by atoms with Crippen LogP contribution in [0.1, 0.15) is 30.1 Å². The van der Waals surface area contributed by atoms with Gasteiger partial charge in [-0.05, 0) is 54.8 Å². The first-order chi connectivity index (χ1) is 14.4. The van der Waals surface area contributed by atoms with Crippen LogP contribution in [0.15, 0.2) is 36.4 Å². The predicted molar refractivity (Wildman–Crippen MR) is 104 cm³/mol. The maximum atomic E-state index is 13.3. The highest BCUT2D eigenvalue weighted by molar-refractivity contribution is 5.38. The van der Waals surface area contributed by atoms with E-state index in [4.69, 9.17) is 9.47 Å². The van der Waals surface area contributed by atoms with Crippen LogP contribution >= 0.6 is 0 Å². The van der Waals surface area contributed by atoms with E-state index in [1.165, 1.54) is 30.3 Å². The molecule has 0 bridgehead atoms. The summed E-state index contributed by atoms with van der Waals surface area (Å²) in [6.45, 7) is 0.328. The fourth-order valence-electron chi connectivity index (χ4n) is 3.97. The number of benzene rings is 2. The highest BCUT2D eigenvalue weighted by Gasteiger charge is 2.32. The third-order valence-corrected chi connectivity index (χ3v) is 5.63. The Balaban J connectivity index is 1.26. The molecule has 2 aliphatic heterocycles. The normalized spacial score (nSPS) is 24.8. The Hall–Kier alpha value is -2.26. The number of hydrogen-bond acceptors (Lipinski definition) is 6. The fourth-order valence-corrected chi connectivity index (χ4v) is 3.97. The molecule has 0 aromatic heterocycles. The van der Waals surface area contributed by atoms with Gasteiger partial charge in [0.25, 0.3) is 0 Å². The van der Waals surface area contributed by atoms with Crippen molar-refractivity contribution in [1.29, 1.82) is 0 Å². The molecule has 0 unspecified atom stereocenters. The van der Waals surface area contributed by atoms with Crippen molar-refractivity contribution in [3.8, 4) is 11.5 Å². The number of ether oxygens (including phenoxy) is 2. The molecule has 4 N–H and O–H groups in total. The Morgan fingerprint density at radius 2 is 1.57 bits per heavy atom. The smallest absolute Gasteiger partial charge is 0.129 e. The maximum Gasteiger partial charge on any atom is 0.129 e. The van der Waals surface area contributed by atoms with Crippen molar-refractivity contribution in [2.75, 3.05) is 13.1 Å². The SMILES string of the molecule is O[C@H]1C[C@@H]([C@@H](O)CNC[C@H](O)[C@@H]2CCc3cc(F)ccc3O2)Oc2ccc(F)cc21. The van der Waals surface area contributed by atoms with Gasteiger partial charge in [0, 0.05) is 25.1 Å². The molecule has 2 aliphatic rings. The first-order valence-electron chi connectivity index (χ1n) is 10.1. The van der Waals surface area contributed by atoms with E-state index >= 15 is 0 Å². The van der Waals surface area contributed by atoms with Gasteiger partial charge in [-0.15, -0.1) is 0 Å². The van der Waals surface area contributed by atoms with Crippen molar-refractivity contribution in [1.82, 2.24) is 5.32 Å². The summed E-state index contributed by atoms with van der Waals surface area (Å²) in [5, 5.41) is 34.1. The van der Waals surface area contributed by atoms with Gasteiger partial charge in [-0.3, -0.25) is 0 Å². The number of halogens is 2. The van der Waals surface area contributed by atoms with Crippen LogP contribution in [-0.2, 0) is 6.42 Å². The van der Waals surface area contributed by atoms with Crippen LogP contribution in [0.5, 0.6) is 11.5 Å². The van der Waals surface area contributed by atoms with E-state index < -0.39 is 36.3 Å². The Bertz CT molecular complexity index is 896. The summed E-state index contributed by atoms with van der Waals surface area (Å²) in [5.74, 6) is 0.162. The topological polar surface area (TPSA) is 91.2 Å². The summed E-state index contributed by atoms with van der Waals surface area (Å²) in [4.78, 5) is 0. The zero-order chi connectivity index (χ0) is 21.3. The van der Waals surface area contributed by atoms with E-state index in [0.29, 0.717) is 29.9 Å². The number of aliphatic hydroxyl groups is 3. The fraction of sp³-hybridized carbons (Fsp3) is 0.455. The minimum absolute atomic E-state index is 0.138. The first-order valence-corrected chi connectivity index (χ1v) is 10.1. The second kappa shape index (κ2) is 8.85. The Kier molecular flexibility index (Phi) is 6.19. The molecule has 6 nitrogen and oxygen atoms in total. The van der Waals surface area contributed by atoms with Crippen molar-refractivity contribution in [3.05, 3.63) is 59.2 Å². The summed E-state index contributed by atoms with van der Waals surface area (Å²) < 4.78 is 38.1. The molecule has 162 valence electrons. The maximum absolute atomic E-state index is 13.3. The second-order valence-corrected chi connectivity index (χ2v) is 7.83. The van der Waals surface area contributed by atoms with Gasteiger partial charge < -0.3 is 30.1 Å². The van der Waals surface area contributed by atoms with Gasteiger partial charge in [-0.2, -0.15) is 0 Å². The summed E-state index contributed by atoms with van der Waals surface area (Å²) >= 11 is 0. The molecule has 0 spiro atoms. The average molecular weight is 421 g/mol. The van der Waals surface area contributed by atoms with Crippen molar-refractivity contribution in [2.24, 2.45) is 0 Å². The highest BCUT2D eigenvalue weighted by Crippen LogP contribution is 2.36. The Morgan fingerprint density at radius 1 is 0.933 bits per heavy atom. The molecule has 2 aromatic rings. The van der Waals surface area contributed by atoms with Gasteiger partial charge in [-0.25, -0.2) is 8.78 Å². The standard InChI is InChI=1S/C22H25F2NO5/c23-13-2-5-19-12(7-13)1-4-21(29-19)17(27)10-25-11-18(28)22-9-16(26)15-8-14(24)3-6-20(15)30-22/h2-3,5-8,16-18,21-22,25-28H,1,4,9-11H2/t16-,17-,18-,21-,22-/m0/s1. The molecule has 2 aromatic carbocycles. The summed E-state index contributed by atoms with van der Waals surface area (Å²) in [7, 11) is 0. The summed E-state index contributed by atoms with van der Waals surface area (Å²) in [6, 6.07) is 8.24. The molecule has 30 heavy (non-hydrogen) atoms. The number of rotatable bonds is 6. The summed E-state index contributed by atoms with van der Waals surface area (Å²) in [5.41, 5.74) is 1.16. The number of nitrogens with one attached hydrogen (secondary N) is 1. The lowest BCUT2D eigenvalue weighted by Gasteiger charge is -2.33. The zero-order valence-electron chi connectivity index (χ0n) is 16.3. The lowest BCUT2D eigenvalue weighted by Crippen LogP contribution is -2.46. The van der Waals surface area contributed by atoms with Gasteiger partial charge in [0.1, 0.15) is 47.5 Å². The number of hydrogen-bond donors (Lipinski definition) is 4. The highest BCUT2D eigenvalue weighted by atomic mass is 19.1. The molecular formula is C22H25F2NO5. The number of aryl methyl sites for hydroxylation is 1. The molecule has 4 rings (SSSR count). The van der Waals surface area contributed by atoms with Crippen molar-refractivity contribution >= 4 is 0 Å². The zero-order valence-corrected chi connectivity index (χ0v) is 16.3. The van der Waals surface area contributed by atoms with E-state index in [2.05, 4.69) is 5.32 Å². The molecular weight excluding hydrogens is 396 g/mol. The van der Waals surface area contributed by atoms with E-state index in [-0.39, 0.29) is 25.3 Å². The minimum atomic E-state index is -0.930. The molecule has 0 saturated carbocycles. The van der Waals surface area contributed by atoms with Crippen LogP contribution in [0.3, 0.4) is 0 Å². The monoisotopic (exact) mass is 421 g/mol. The largest absolute Gasteiger partial charge is 0.487 e. The predicted octanol–water partition coefficient (Wildman–Crippen LogP) is 1.85. The van der Waals surface area contributed by atoms with Crippen molar-refractivity contribution < 1.29 is 33.6 Å². The minimum Gasteiger partial charge on any atom is -0.487 e. The Labute approximate surface area is 173 Å². The molecule has 0 amide bonds. The van der Waals surface area contributed by atoms with Gasteiger partial charge in [0.15, 0.2) is 0 Å². The molecule has 0 saturated heterocycles. The van der Waals surface area contributed by atoms with E-state index in [9.17, 15) is 24.1 Å². The van der Waals surface area contributed by atoms with E-state index in [1.54, 1.807) is 6.07 Å². The molecule has 8 heteroatoms. The van der Waals surface area contributed by atoms with Crippen LogP contribution in [0.2, 0.25) is 0 Å². The lowest BCUT2D eigenvalue weighted by molar-refractivity contribution is -0.0175. The van der Waals surface area contributed by atoms with Gasteiger partial charge in [-0.1, -0.05) is 0 Å². The van der Waals surface area contributed by atoms with Gasteiger partial charge >= 0.3 is 0 Å². The number of aliphatic hydroxyl groups excluding tert-OH is 3. The molecule has 0 fully saturated rings. The first kappa shape index (κ1) is 21.0. The second-order valence-electron chi connectivity index (χ2n) is 7.83. The summed E-state index contributed by atoms with van der Waals surface area (Å²) in [6.07, 6.45) is -2.43. The molecule has 0 aliphatic carbocycles. The van der Waals surface area contributed by atoms with Crippen LogP contribution in [0.4, 0.5) is 8.78 Å². The molecule has 0 radical (unpaired) electrons. The quantitative estimate of drug-likeness (QED) is 0.569. The Morgan fingerprint density at radius 3 is 2.33 bits per heavy atom. The van der Waals surface area contributed by atoms with Crippen LogP contribution in [-0.4, -0.2) is 52.8 Å². The van der Waals surface area contributed by atoms with Crippen molar-refractivity contribution in [2.45, 2.75) is 49.8 Å².